The van der Waals surface area contributed by atoms with Crippen LogP contribution >= 0.6 is 36.4 Å². The van der Waals surface area contributed by atoms with Crippen molar-refractivity contribution < 1.29 is 9.53 Å². The van der Waals surface area contributed by atoms with E-state index in [2.05, 4.69) is 22.9 Å². The lowest BCUT2D eigenvalue weighted by Gasteiger charge is -2.13. The summed E-state index contributed by atoms with van der Waals surface area (Å²) < 4.78 is 5.28. The average molecular weight is 435 g/mol. The van der Waals surface area contributed by atoms with Gasteiger partial charge in [0.2, 0.25) is 5.91 Å². The third kappa shape index (κ3) is 8.26. The van der Waals surface area contributed by atoms with Crippen molar-refractivity contribution in [3.05, 3.63) is 53.1 Å². The zero-order valence-electron chi connectivity index (χ0n) is 15.4. The maximum absolute atomic E-state index is 12.2. The Hall–Kier alpha value is -1.66. The highest BCUT2D eigenvalue weighted by atomic mass is 35.5. The number of carbonyl (C=O) groups is 1. The second kappa shape index (κ2) is 13.5. The Morgan fingerprint density at radius 3 is 2.56 bits per heavy atom. The molecular weight excluding hydrogens is 409 g/mol. The smallest absolute Gasteiger partial charge is 0.226 e. The highest BCUT2D eigenvalue weighted by molar-refractivity contribution is 6.30. The number of para-hydroxylation sites is 1. The molecule has 150 valence electrons. The molecule has 3 N–H and O–H groups in total. The molecule has 0 heterocycles. The van der Waals surface area contributed by atoms with Gasteiger partial charge in [0, 0.05) is 30.2 Å². The third-order valence-corrected chi connectivity index (χ3v) is 3.92. The molecule has 0 aliphatic carbocycles. The summed E-state index contributed by atoms with van der Waals surface area (Å²) in [4.78, 5) is 12.2. The molecule has 5 nitrogen and oxygen atoms in total. The third-order valence-electron chi connectivity index (χ3n) is 3.69. The van der Waals surface area contributed by atoms with Crippen molar-refractivity contribution in [3.63, 3.8) is 0 Å². The van der Waals surface area contributed by atoms with Crippen LogP contribution in [0, 0.1) is 0 Å². The molecular formula is C19H26Cl3N3O2. The van der Waals surface area contributed by atoms with Gasteiger partial charge < -0.3 is 20.7 Å². The minimum atomic E-state index is -0.0440. The summed E-state index contributed by atoms with van der Waals surface area (Å²) in [5.74, 6) is 0.651. The Morgan fingerprint density at radius 2 is 1.85 bits per heavy atom. The number of ether oxygens (including phenoxy) is 1. The molecule has 0 aliphatic rings. The van der Waals surface area contributed by atoms with Crippen molar-refractivity contribution >= 4 is 53.7 Å². The number of amides is 1. The fraction of sp³-hybridized carbons (Fsp3) is 0.316. The number of nitrogens with one attached hydrogen (secondary N) is 3. The number of methoxy groups -OCH3 is 1. The predicted octanol–water partition coefficient (Wildman–Crippen LogP) is 4.74. The second-order valence-electron chi connectivity index (χ2n) is 5.51. The Balaban J connectivity index is 0.00000338. The molecule has 0 spiro atoms. The zero-order valence-corrected chi connectivity index (χ0v) is 17.8. The van der Waals surface area contributed by atoms with Gasteiger partial charge in [0.15, 0.2) is 0 Å². The second-order valence-corrected chi connectivity index (χ2v) is 5.94. The van der Waals surface area contributed by atoms with E-state index in [-0.39, 0.29) is 30.7 Å². The van der Waals surface area contributed by atoms with Crippen molar-refractivity contribution in [2.75, 3.05) is 30.8 Å². The van der Waals surface area contributed by atoms with Crippen LogP contribution in [-0.4, -0.2) is 26.1 Å². The van der Waals surface area contributed by atoms with Gasteiger partial charge in [0.05, 0.1) is 12.8 Å². The topological polar surface area (TPSA) is 62.4 Å². The number of hydrogen-bond acceptors (Lipinski definition) is 4. The van der Waals surface area contributed by atoms with Crippen molar-refractivity contribution in [2.45, 2.75) is 19.9 Å². The Labute approximate surface area is 178 Å². The number of benzene rings is 2. The van der Waals surface area contributed by atoms with Crippen LogP contribution in [0.3, 0.4) is 0 Å². The molecule has 8 heteroatoms. The van der Waals surface area contributed by atoms with Crippen LogP contribution in [-0.2, 0) is 11.3 Å². The molecule has 0 aliphatic heterocycles. The summed E-state index contributed by atoms with van der Waals surface area (Å²) in [7, 11) is 1.60. The van der Waals surface area contributed by atoms with Gasteiger partial charge in [-0.15, -0.1) is 24.8 Å². The SMILES string of the molecule is CCNCc1ccccc1NC(=O)CCNc1cc(Cl)ccc1OC.Cl.Cl. The van der Waals surface area contributed by atoms with E-state index in [1.165, 1.54) is 0 Å². The van der Waals surface area contributed by atoms with E-state index in [1.54, 1.807) is 25.3 Å². The van der Waals surface area contributed by atoms with Gasteiger partial charge in [-0.1, -0.05) is 36.7 Å². The van der Waals surface area contributed by atoms with Gasteiger partial charge in [-0.05, 0) is 36.4 Å². The minimum absolute atomic E-state index is 0. The van der Waals surface area contributed by atoms with Gasteiger partial charge in [0.25, 0.3) is 0 Å². The van der Waals surface area contributed by atoms with Crippen molar-refractivity contribution in [1.29, 1.82) is 0 Å². The highest BCUT2D eigenvalue weighted by Crippen LogP contribution is 2.27. The fourth-order valence-corrected chi connectivity index (χ4v) is 2.57. The van der Waals surface area contributed by atoms with E-state index in [4.69, 9.17) is 16.3 Å². The zero-order chi connectivity index (χ0) is 18.1. The summed E-state index contributed by atoms with van der Waals surface area (Å²) in [6.45, 7) is 4.15. The molecule has 27 heavy (non-hydrogen) atoms. The predicted molar refractivity (Wildman–Crippen MR) is 118 cm³/mol. The van der Waals surface area contributed by atoms with Crippen LogP contribution in [0.25, 0.3) is 0 Å². The van der Waals surface area contributed by atoms with E-state index in [1.807, 2.05) is 24.3 Å². The van der Waals surface area contributed by atoms with E-state index >= 15 is 0 Å². The first-order valence-electron chi connectivity index (χ1n) is 8.30. The van der Waals surface area contributed by atoms with Gasteiger partial charge >= 0.3 is 0 Å². The number of halogens is 3. The molecule has 0 aromatic heterocycles. The lowest BCUT2D eigenvalue weighted by molar-refractivity contribution is -0.115. The van der Waals surface area contributed by atoms with Crippen molar-refractivity contribution in [1.82, 2.24) is 5.32 Å². The van der Waals surface area contributed by atoms with E-state index < -0.39 is 0 Å². The molecule has 2 rings (SSSR count). The van der Waals surface area contributed by atoms with Crippen LogP contribution in [0.4, 0.5) is 11.4 Å². The molecule has 0 saturated heterocycles. The van der Waals surface area contributed by atoms with Crippen molar-refractivity contribution in [2.24, 2.45) is 0 Å². The summed E-state index contributed by atoms with van der Waals surface area (Å²) in [6.07, 6.45) is 0.339. The Morgan fingerprint density at radius 1 is 1.11 bits per heavy atom. The van der Waals surface area contributed by atoms with E-state index in [0.717, 1.165) is 30.0 Å². The maximum Gasteiger partial charge on any atom is 0.226 e. The molecule has 2 aromatic carbocycles. The summed E-state index contributed by atoms with van der Waals surface area (Å²) >= 11 is 6.00. The van der Waals surface area contributed by atoms with Gasteiger partial charge in [0.1, 0.15) is 5.75 Å². The number of carbonyl (C=O) groups excluding carboxylic acids is 1. The van der Waals surface area contributed by atoms with Crippen LogP contribution in [0.2, 0.25) is 5.02 Å². The lowest BCUT2D eigenvalue weighted by atomic mass is 10.1. The normalized spacial score (nSPS) is 9.59. The van der Waals surface area contributed by atoms with Crippen LogP contribution in [0.1, 0.15) is 18.9 Å². The number of hydrogen-bond donors (Lipinski definition) is 3. The number of rotatable bonds is 9. The molecule has 0 bridgehead atoms. The molecule has 0 unspecified atom stereocenters. The quantitative estimate of drug-likeness (QED) is 0.533. The van der Waals surface area contributed by atoms with E-state index in [9.17, 15) is 4.79 Å². The molecule has 0 radical (unpaired) electrons. The maximum atomic E-state index is 12.2. The lowest BCUT2D eigenvalue weighted by Crippen LogP contribution is -2.19. The van der Waals surface area contributed by atoms with Crippen LogP contribution < -0.4 is 20.7 Å². The van der Waals surface area contributed by atoms with Gasteiger partial charge in [-0.2, -0.15) is 0 Å². The highest BCUT2D eigenvalue weighted by Gasteiger charge is 2.08. The number of anilines is 2. The Kier molecular flexibility index (Phi) is 12.7. The summed E-state index contributed by atoms with van der Waals surface area (Å²) in [5, 5.41) is 10.0. The van der Waals surface area contributed by atoms with Crippen molar-refractivity contribution in [3.8, 4) is 5.75 Å². The molecule has 0 saturated carbocycles. The minimum Gasteiger partial charge on any atom is -0.495 e. The largest absolute Gasteiger partial charge is 0.495 e. The average Bonchev–Trinajstić information content (AvgIpc) is 2.61. The van der Waals surface area contributed by atoms with Crippen LogP contribution in [0.15, 0.2) is 42.5 Å². The fourth-order valence-electron chi connectivity index (χ4n) is 2.40. The summed E-state index contributed by atoms with van der Waals surface area (Å²) in [6, 6.07) is 13.1. The first-order valence-corrected chi connectivity index (χ1v) is 8.67. The molecule has 1 amide bonds. The van der Waals surface area contributed by atoms with Gasteiger partial charge in [-0.3, -0.25) is 4.79 Å². The standard InChI is InChI=1S/C19H24ClN3O2.2ClH/c1-3-21-13-14-6-4-5-7-16(14)23-19(24)10-11-22-17-12-15(20)8-9-18(17)25-2;;/h4-9,12,21-22H,3,10-11,13H2,1-2H3,(H,23,24);2*1H. The summed E-state index contributed by atoms with van der Waals surface area (Å²) in [5.41, 5.74) is 2.69. The van der Waals surface area contributed by atoms with Crippen LogP contribution in [0.5, 0.6) is 5.75 Å². The monoisotopic (exact) mass is 433 g/mol. The van der Waals surface area contributed by atoms with E-state index in [0.29, 0.717) is 23.7 Å². The molecule has 2 aromatic rings. The Bertz CT molecular complexity index is 714. The molecule has 0 fully saturated rings. The first kappa shape index (κ1) is 25.3. The first-order chi connectivity index (χ1) is 12.1. The van der Waals surface area contributed by atoms with Gasteiger partial charge in [-0.25, -0.2) is 0 Å². The molecule has 0 atom stereocenters.